The Bertz CT molecular complexity index is 585. The Morgan fingerprint density at radius 3 is 2.55 bits per heavy atom. The third kappa shape index (κ3) is 3.18. The van der Waals surface area contributed by atoms with Crippen molar-refractivity contribution in [2.75, 3.05) is 0 Å². The molecule has 2 rings (SSSR count). The minimum atomic E-state index is -0.560. The number of nitrogens with one attached hydrogen (secondary N) is 1. The van der Waals surface area contributed by atoms with E-state index in [4.69, 9.17) is 5.73 Å². The molecule has 5 heteroatoms. The molecule has 0 bridgehead atoms. The molecule has 1 amide bonds. The highest BCUT2D eigenvalue weighted by molar-refractivity contribution is 7.09. The largest absolute Gasteiger partial charge is 0.507 e. The first-order valence-corrected chi connectivity index (χ1v) is 7.22. The predicted molar refractivity (Wildman–Crippen MR) is 80.7 cm³/mol. The van der Waals surface area contributed by atoms with Gasteiger partial charge in [-0.25, -0.2) is 0 Å². The topological polar surface area (TPSA) is 75.3 Å². The molecule has 0 aliphatic heterocycles. The summed E-state index contributed by atoms with van der Waals surface area (Å²) in [5.74, 6) is -0.165. The molecule has 4 nitrogen and oxygen atoms in total. The maximum absolute atomic E-state index is 11.7. The minimum absolute atomic E-state index is 0.259. The minimum Gasteiger partial charge on any atom is -0.507 e. The number of rotatable bonds is 5. The SMILES string of the molecule is Cc1cc(C(NCc2cccs2)C(N)=O)cc(C)c1O. The first kappa shape index (κ1) is 14.6. The molecule has 1 heterocycles. The standard InChI is InChI=1S/C15H18N2O2S/c1-9-6-11(7-10(2)14(9)18)13(15(16)19)17-8-12-4-3-5-20-12/h3-7,13,17-18H,8H2,1-2H3,(H2,16,19). The van der Waals surface area contributed by atoms with Gasteiger partial charge in [-0.1, -0.05) is 18.2 Å². The summed E-state index contributed by atoms with van der Waals surface area (Å²) in [6.45, 7) is 4.20. The molecule has 0 fully saturated rings. The second-order valence-corrected chi connectivity index (χ2v) is 5.83. The van der Waals surface area contributed by atoms with Gasteiger partial charge in [0.05, 0.1) is 0 Å². The van der Waals surface area contributed by atoms with E-state index in [1.807, 2.05) is 31.4 Å². The molecule has 20 heavy (non-hydrogen) atoms. The molecule has 106 valence electrons. The van der Waals surface area contributed by atoms with E-state index in [2.05, 4.69) is 5.32 Å². The molecule has 0 aliphatic rings. The number of carbonyl (C=O) groups excluding carboxylic acids is 1. The van der Waals surface area contributed by atoms with Crippen molar-refractivity contribution in [1.29, 1.82) is 0 Å². The Balaban J connectivity index is 2.22. The summed E-state index contributed by atoms with van der Waals surface area (Å²) < 4.78 is 0. The van der Waals surface area contributed by atoms with Crippen LogP contribution in [0.4, 0.5) is 0 Å². The van der Waals surface area contributed by atoms with Crippen molar-refractivity contribution in [2.45, 2.75) is 26.4 Å². The number of aromatic hydroxyl groups is 1. The van der Waals surface area contributed by atoms with Crippen LogP contribution >= 0.6 is 11.3 Å². The molecule has 0 saturated heterocycles. The van der Waals surface area contributed by atoms with Crippen LogP contribution in [0.15, 0.2) is 29.6 Å². The number of thiophene rings is 1. The lowest BCUT2D eigenvalue weighted by Gasteiger charge is -2.17. The maximum atomic E-state index is 11.7. The highest BCUT2D eigenvalue weighted by atomic mass is 32.1. The van der Waals surface area contributed by atoms with E-state index in [0.29, 0.717) is 6.54 Å². The number of phenolic OH excluding ortho intramolecular Hbond substituents is 1. The van der Waals surface area contributed by atoms with Gasteiger partial charge in [0, 0.05) is 11.4 Å². The number of hydrogen-bond acceptors (Lipinski definition) is 4. The van der Waals surface area contributed by atoms with Crippen molar-refractivity contribution < 1.29 is 9.90 Å². The van der Waals surface area contributed by atoms with Crippen molar-refractivity contribution in [3.63, 3.8) is 0 Å². The Morgan fingerprint density at radius 1 is 1.40 bits per heavy atom. The molecular weight excluding hydrogens is 272 g/mol. The zero-order chi connectivity index (χ0) is 14.7. The quantitative estimate of drug-likeness (QED) is 0.791. The van der Waals surface area contributed by atoms with E-state index in [-0.39, 0.29) is 5.75 Å². The van der Waals surface area contributed by atoms with Crippen LogP contribution in [-0.4, -0.2) is 11.0 Å². The summed E-state index contributed by atoms with van der Waals surface area (Å²) in [4.78, 5) is 12.8. The second-order valence-electron chi connectivity index (χ2n) is 4.80. The lowest BCUT2D eigenvalue weighted by atomic mass is 9.99. The predicted octanol–water partition coefficient (Wildman–Crippen LogP) is 2.39. The fraction of sp³-hybridized carbons (Fsp3) is 0.267. The number of benzene rings is 1. The van der Waals surface area contributed by atoms with Crippen molar-refractivity contribution in [3.05, 3.63) is 51.2 Å². The maximum Gasteiger partial charge on any atom is 0.239 e. The number of aryl methyl sites for hydroxylation is 2. The summed E-state index contributed by atoms with van der Waals surface area (Å²) >= 11 is 1.63. The van der Waals surface area contributed by atoms with Crippen LogP contribution in [0.25, 0.3) is 0 Å². The first-order chi connectivity index (χ1) is 9.49. The Morgan fingerprint density at radius 2 is 2.05 bits per heavy atom. The number of carbonyl (C=O) groups is 1. The summed E-state index contributed by atoms with van der Waals surface area (Å²) in [5, 5.41) is 15.0. The van der Waals surface area contributed by atoms with Crippen LogP contribution in [0.1, 0.15) is 27.6 Å². The lowest BCUT2D eigenvalue weighted by molar-refractivity contribution is -0.120. The van der Waals surface area contributed by atoms with Crippen LogP contribution in [0.5, 0.6) is 5.75 Å². The molecule has 1 unspecified atom stereocenters. The van der Waals surface area contributed by atoms with Crippen LogP contribution in [0.3, 0.4) is 0 Å². The first-order valence-electron chi connectivity index (χ1n) is 6.34. The van der Waals surface area contributed by atoms with E-state index in [0.717, 1.165) is 21.6 Å². The molecule has 0 spiro atoms. The molecule has 0 radical (unpaired) electrons. The van der Waals surface area contributed by atoms with Crippen LogP contribution in [0.2, 0.25) is 0 Å². The number of amides is 1. The van der Waals surface area contributed by atoms with Gasteiger partial charge in [-0.3, -0.25) is 10.1 Å². The van der Waals surface area contributed by atoms with E-state index in [9.17, 15) is 9.90 Å². The monoisotopic (exact) mass is 290 g/mol. The van der Waals surface area contributed by atoms with Crippen LogP contribution < -0.4 is 11.1 Å². The fourth-order valence-electron chi connectivity index (χ4n) is 2.15. The zero-order valence-corrected chi connectivity index (χ0v) is 12.3. The normalized spacial score (nSPS) is 12.3. The third-order valence-corrected chi connectivity index (χ3v) is 4.07. The summed E-state index contributed by atoms with van der Waals surface area (Å²) in [6.07, 6.45) is 0. The second kappa shape index (κ2) is 6.07. The highest BCUT2D eigenvalue weighted by Crippen LogP contribution is 2.26. The van der Waals surface area contributed by atoms with E-state index < -0.39 is 11.9 Å². The number of nitrogens with two attached hydrogens (primary N) is 1. The third-order valence-electron chi connectivity index (χ3n) is 3.19. The number of phenols is 1. The van der Waals surface area contributed by atoms with Gasteiger partial charge in [-0.15, -0.1) is 11.3 Å². The van der Waals surface area contributed by atoms with Gasteiger partial charge in [0.25, 0.3) is 0 Å². The summed E-state index contributed by atoms with van der Waals surface area (Å²) in [5.41, 5.74) is 7.75. The number of hydrogen-bond donors (Lipinski definition) is 3. The lowest BCUT2D eigenvalue weighted by Crippen LogP contribution is -2.33. The zero-order valence-electron chi connectivity index (χ0n) is 11.5. The van der Waals surface area contributed by atoms with Gasteiger partial charge in [-0.2, -0.15) is 0 Å². The molecule has 1 atom stereocenters. The molecule has 4 N–H and O–H groups in total. The highest BCUT2D eigenvalue weighted by Gasteiger charge is 2.19. The summed E-state index contributed by atoms with van der Waals surface area (Å²) in [6, 6.07) is 6.99. The van der Waals surface area contributed by atoms with Gasteiger partial charge in [0.15, 0.2) is 0 Å². The van der Waals surface area contributed by atoms with Gasteiger partial charge in [-0.05, 0) is 42.0 Å². The van der Waals surface area contributed by atoms with Gasteiger partial charge < -0.3 is 10.8 Å². The molecule has 0 saturated carbocycles. The van der Waals surface area contributed by atoms with Gasteiger partial charge in [0.1, 0.15) is 11.8 Å². The van der Waals surface area contributed by atoms with E-state index in [1.54, 1.807) is 23.5 Å². The molecule has 1 aromatic carbocycles. The van der Waals surface area contributed by atoms with Crippen molar-refractivity contribution >= 4 is 17.2 Å². The average Bonchev–Trinajstić information content (AvgIpc) is 2.88. The Labute approximate surface area is 122 Å². The Kier molecular flexibility index (Phi) is 4.42. The molecule has 2 aromatic rings. The van der Waals surface area contributed by atoms with Crippen molar-refractivity contribution in [3.8, 4) is 5.75 Å². The van der Waals surface area contributed by atoms with Crippen LogP contribution in [-0.2, 0) is 11.3 Å². The van der Waals surface area contributed by atoms with E-state index in [1.165, 1.54) is 0 Å². The van der Waals surface area contributed by atoms with Crippen molar-refractivity contribution in [1.82, 2.24) is 5.32 Å². The number of primary amides is 1. The average molecular weight is 290 g/mol. The smallest absolute Gasteiger partial charge is 0.239 e. The fourth-order valence-corrected chi connectivity index (χ4v) is 2.81. The van der Waals surface area contributed by atoms with Gasteiger partial charge >= 0.3 is 0 Å². The molecule has 0 aliphatic carbocycles. The summed E-state index contributed by atoms with van der Waals surface area (Å²) in [7, 11) is 0. The molecular formula is C15H18N2O2S. The van der Waals surface area contributed by atoms with Crippen LogP contribution in [0, 0.1) is 13.8 Å². The Hall–Kier alpha value is -1.85. The van der Waals surface area contributed by atoms with Crippen molar-refractivity contribution in [2.24, 2.45) is 5.73 Å². The molecule has 1 aromatic heterocycles. The van der Waals surface area contributed by atoms with E-state index >= 15 is 0 Å². The van der Waals surface area contributed by atoms with Gasteiger partial charge in [0.2, 0.25) is 5.91 Å².